The van der Waals surface area contributed by atoms with Crippen molar-refractivity contribution in [2.24, 2.45) is 0 Å². The number of aryl methyl sites for hydroxylation is 1. The van der Waals surface area contributed by atoms with E-state index in [1.165, 1.54) is 23.7 Å². The number of hydrogen-bond donors (Lipinski definition) is 0. The maximum atomic E-state index is 14.2. The molecule has 0 fully saturated rings. The highest BCUT2D eigenvalue weighted by molar-refractivity contribution is 6.31. The molecule has 0 aliphatic heterocycles. The Morgan fingerprint density at radius 1 is 1.19 bits per heavy atom. The van der Waals surface area contributed by atoms with Crippen molar-refractivity contribution in [3.8, 4) is 17.3 Å². The molecule has 0 atom stereocenters. The zero-order valence-electron chi connectivity index (χ0n) is 16.6. The van der Waals surface area contributed by atoms with E-state index in [4.69, 9.17) is 16.3 Å². The molecule has 10 heteroatoms. The van der Waals surface area contributed by atoms with E-state index in [-0.39, 0.29) is 28.8 Å². The lowest BCUT2D eigenvalue weighted by Crippen LogP contribution is -2.08. The van der Waals surface area contributed by atoms with Crippen molar-refractivity contribution < 1.29 is 18.3 Å². The number of halogens is 3. The molecular formula is C21H16ClF2N5O2. The van der Waals surface area contributed by atoms with Crippen LogP contribution in [0.3, 0.4) is 0 Å². The van der Waals surface area contributed by atoms with Gasteiger partial charge in [-0.2, -0.15) is 5.10 Å². The Kier molecular flexibility index (Phi) is 5.60. The van der Waals surface area contributed by atoms with Gasteiger partial charge in [0.25, 0.3) is 0 Å². The summed E-state index contributed by atoms with van der Waals surface area (Å²) < 4.78 is 34.4. The fourth-order valence-corrected chi connectivity index (χ4v) is 3.40. The van der Waals surface area contributed by atoms with Gasteiger partial charge in [-0.05, 0) is 24.6 Å². The zero-order chi connectivity index (χ0) is 22.1. The van der Waals surface area contributed by atoms with Crippen LogP contribution in [0, 0.1) is 11.6 Å². The molecule has 0 saturated heterocycles. The number of aromatic nitrogens is 5. The lowest BCUT2D eigenvalue weighted by atomic mass is 10.2. The van der Waals surface area contributed by atoms with Crippen LogP contribution in [0.15, 0.2) is 36.5 Å². The molecule has 158 valence electrons. The number of fused-ring (bicyclic) bond motifs is 1. The van der Waals surface area contributed by atoms with Gasteiger partial charge in [0, 0.05) is 18.7 Å². The Morgan fingerprint density at radius 2 is 2.00 bits per heavy atom. The number of rotatable bonds is 5. The number of nitrogens with zero attached hydrogens (tertiary/aromatic N) is 5. The maximum absolute atomic E-state index is 14.2. The monoisotopic (exact) mass is 443 g/mol. The van der Waals surface area contributed by atoms with E-state index in [0.29, 0.717) is 28.8 Å². The summed E-state index contributed by atoms with van der Waals surface area (Å²) in [5.74, 6) is -2.12. The molecule has 0 bridgehead atoms. The number of esters is 1. The first-order chi connectivity index (χ1) is 14.9. The average Bonchev–Trinajstić information content (AvgIpc) is 3.11. The van der Waals surface area contributed by atoms with Crippen molar-refractivity contribution in [1.82, 2.24) is 24.7 Å². The van der Waals surface area contributed by atoms with Gasteiger partial charge in [0.1, 0.15) is 5.69 Å². The van der Waals surface area contributed by atoms with E-state index in [1.54, 1.807) is 18.3 Å². The highest BCUT2D eigenvalue weighted by Gasteiger charge is 2.21. The second kappa shape index (κ2) is 8.35. The predicted octanol–water partition coefficient (Wildman–Crippen LogP) is 4.36. The van der Waals surface area contributed by atoms with E-state index in [1.807, 2.05) is 6.92 Å². The Balaban J connectivity index is 1.85. The molecule has 4 aromatic rings. The number of carbonyl (C=O) groups is 1. The molecule has 0 radical (unpaired) electrons. The minimum atomic E-state index is -0.943. The second-order valence-electron chi connectivity index (χ2n) is 6.65. The van der Waals surface area contributed by atoms with Crippen molar-refractivity contribution in [1.29, 1.82) is 0 Å². The van der Waals surface area contributed by atoms with Crippen LogP contribution >= 0.6 is 11.6 Å². The fourth-order valence-electron chi connectivity index (χ4n) is 3.17. The van der Waals surface area contributed by atoms with Gasteiger partial charge in [-0.15, -0.1) is 0 Å². The Morgan fingerprint density at radius 3 is 2.74 bits per heavy atom. The van der Waals surface area contributed by atoms with Gasteiger partial charge in [-0.1, -0.05) is 30.7 Å². The summed E-state index contributed by atoms with van der Waals surface area (Å²) in [5, 5.41) is 5.09. The third kappa shape index (κ3) is 3.96. The highest BCUT2D eigenvalue weighted by Crippen LogP contribution is 2.32. The van der Waals surface area contributed by atoms with Crippen molar-refractivity contribution in [2.75, 3.05) is 0 Å². The summed E-state index contributed by atoms with van der Waals surface area (Å²) in [5.41, 5.74) is 1.38. The molecule has 1 aromatic carbocycles. The molecule has 3 heterocycles. The van der Waals surface area contributed by atoms with E-state index in [2.05, 4.69) is 20.1 Å². The molecule has 3 aromatic heterocycles. The summed E-state index contributed by atoms with van der Waals surface area (Å²) in [6.07, 6.45) is 2.00. The van der Waals surface area contributed by atoms with Crippen LogP contribution in [0.25, 0.3) is 22.6 Å². The third-order valence-electron chi connectivity index (χ3n) is 4.55. The summed E-state index contributed by atoms with van der Waals surface area (Å²) in [6, 6.07) is 7.45. The SMILES string of the molecule is CCc1nc(-c2nn(Cc3cccc(F)c3F)c3ncccc23)nc(Cl)c1OC(C)=O. The number of ether oxygens (including phenoxy) is 1. The van der Waals surface area contributed by atoms with Crippen LogP contribution in [0.1, 0.15) is 25.1 Å². The minimum Gasteiger partial charge on any atom is -0.421 e. The van der Waals surface area contributed by atoms with Crippen LogP contribution in [-0.4, -0.2) is 30.7 Å². The first kappa shape index (κ1) is 20.8. The summed E-state index contributed by atoms with van der Waals surface area (Å²) in [6.45, 7) is 3.05. The largest absolute Gasteiger partial charge is 0.421 e. The molecule has 0 aliphatic carbocycles. The highest BCUT2D eigenvalue weighted by atomic mass is 35.5. The Hall–Kier alpha value is -3.46. The lowest BCUT2D eigenvalue weighted by Gasteiger charge is -2.09. The molecule has 0 aliphatic rings. The van der Waals surface area contributed by atoms with E-state index in [0.717, 1.165) is 6.07 Å². The van der Waals surface area contributed by atoms with Crippen molar-refractivity contribution in [3.05, 3.63) is 64.6 Å². The lowest BCUT2D eigenvalue weighted by molar-refractivity contribution is -0.131. The summed E-state index contributed by atoms with van der Waals surface area (Å²) in [4.78, 5) is 24.4. The summed E-state index contributed by atoms with van der Waals surface area (Å²) >= 11 is 6.26. The minimum absolute atomic E-state index is 0.0279. The molecule has 31 heavy (non-hydrogen) atoms. The van der Waals surface area contributed by atoms with Gasteiger partial charge >= 0.3 is 5.97 Å². The summed E-state index contributed by atoms with van der Waals surface area (Å²) in [7, 11) is 0. The molecule has 0 N–H and O–H groups in total. The number of benzene rings is 1. The van der Waals surface area contributed by atoms with E-state index >= 15 is 0 Å². The standard InChI is InChI=1S/C21H16ClF2N5O2/c1-3-15-18(31-11(2)30)19(22)27-20(26-15)17-13-7-5-9-25-21(13)29(28-17)10-12-6-4-8-14(23)16(12)24/h4-9H,3,10H2,1-2H3. The van der Waals surface area contributed by atoms with Crippen LogP contribution in [0.2, 0.25) is 5.15 Å². The number of carbonyl (C=O) groups excluding carboxylic acids is 1. The van der Waals surface area contributed by atoms with Crippen LogP contribution in [0.4, 0.5) is 8.78 Å². The van der Waals surface area contributed by atoms with Gasteiger partial charge < -0.3 is 4.74 Å². The molecule has 0 unspecified atom stereocenters. The molecule has 0 spiro atoms. The third-order valence-corrected chi connectivity index (χ3v) is 4.80. The topological polar surface area (TPSA) is 82.8 Å². The first-order valence-electron chi connectivity index (χ1n) is 9.38. The van der Waals surface area contributed by atoms with E-state index in [9.17, 15) is 13.6 Å². The molecule has 0 amide bonds. The van der Waals surface area contributed by atoms with E-state index < -0.39 is 17.6 Å². The van der Waals surface area contributed by atoms with Gasteiger partial charge in [0.15, 0.2) is 34.0 Å². The Labute approximate surface area is 180 Å². The molecule has 0 saturated carbocycles. The maximum Gasteiger partial charge on any atom is 0.308 e. The molecule has 4 rings (SSSR count). The van der Waals surface area contributed by atoms with Gasteiger partial charge in [0.05, 0.1) is 17.6 Å². The first-order valence-corrected chi connectivity index (χ1v) is 9.76. The normalized spacial score (nSPS) is 11.1. The fraction of sp³-hybridized carbons (Fsp3) is 0.190. The average molecular weight is 444 g/mol. The molecule has 7 nitrogen and oxygen atoms in total. The molecular weight excluding hydrogens is 428 g/mol. The van der Waals surface area contributed by atoms with Crippen LogP contribution < -0.4 is 4.74 Å². The van der Waals surface area contributed by atoms with Crippen molar-refractivity contribution >= 4 is 28.6 Å². The number of hydrogen-bond acceptors (Lipinski definition) is 6. The zero-order valence-corrected chi connectivity index (χ0v) is 17.3. The smallest absolute Gasteiger partial charge is 0.308 e. The van der Waals surface area contributed by atoms with Gasteiger partial charge in [0.2, 0.25) is 0 Å². The van der Waals surface area contributed by atoms with Crippen LogP contribution in [0.5, 0.6) is 5.75 Å². The Bertz CT molecular complexity index is 1310. The van der Waals surface area contributed by atoms with Crippen LogP contribution in [-0.2, 0) is 17.8 Å². The number of pyridine rings is 1. The second-order valence-corrected chi connectivity index (χ2v) is 7.01. The van der Waals surface area contributed by atoms with Crippen molar-refractivity contribution in [3.63, 3.8) is 0 Å². The predicted molar refractivity (Wildman–Crippen MR) is 110 cm³/mol. The van der Waals surface area contributed by atoms with Crippen molar-refractivity contribution in [2.45, 2.75) is 26.8 Å². The quantitative estimate of drug-likeness (QED) is 0.337. The van der Waals surface area contributed by atoms with Gasteiger partial charge in [-0.25, -0.2) is 28.4 Å². The van der Waals surface area contributed by atoms with Gasteiger partial charge in [-0.3, -0.25) is 4.79 Å².